The van der Waals surface area contributed by atoms with E-state index >= 15 is 0 Å². The minimum absolute atomic E-state index is 0.0157. The van der Waals surface area contributed by atoms with Gasteiger partial charge in [0.2, 0.25) is 0 Å². The zero-order chi connectivity index (χ0) is 22.4. The van der Waals surface area contributed by atoms with E-state index in [9.17, 15) is 9.90 Å². The van der Waals surface area contributed by atoms with E-state index < -0.39 is 17.8 Å². The molecule has 166 valence electrons. The molecule has 0 bridgehead atoms. The first kappa shape index (κ1) is 22.5. The van der Waals surface area contributed by atoms with Gasteiger partial charge < -0.3 is 29.6 Å². The van der Waals surface area contributed by atoms with E-state index in [1.54, 1.807) is 24.5 Å². The summed E-state index contributed by atoms with van der Waals surface area (Å²) in [6.07, 6.45) is 0.827. The highest BCUT2D eigenvalue weighted by atomic mass is 16.6. The molecule has 3 N–H and O–H groups in total. The molecule has 0 saturated heterocycles. The number of aliphatic hydroxyl groups excluding tert-OH is 1. The number of fused-ring (bicyclic) bond motifs is 1. The van der Waals surface area contributed by atoms with Gasteiger partial charge in [0.15, 0.2) is 0 Å². The molecule has 0 fully saturated rings. The fraction of sp³-hybridized carbons (Fsp3) is 0.375. The Hall–Kier alpha value is -3.19. The monoisotopic (exact) mass is 426 g/mol. The number of furan rings is 1. The largest absolute Gasteiger partial charge is 0.489 e. The van der Waals surface area contributed by atoms with Crippen LogP contribution in [0, 0.1) is 0 Å². The molecular weight excluding hydrogens is 396 g/mol. The van der Waals surface area contributed by atoms with Crippen LogP contribution >= 0.6 is 0 Å². The van der Waals surface area contributed by atoms with E-state index in [0.29, 0.717) is 30.0 Å². The van der Waals surface area contributed by atoms with Crippen molar-refractivity contribution in [3.05, 3.63) is 60.4 Å². The maximum atomic E-state index is 12.7. The quantitative estimate of drug-likeness (QED) is 0.523. The number of nitrogens with zero attached hydrogens (tertiary/aromatic N) is 1. The minimum atomic E-state index is -0.914. The van der Waals surface area contributed by atoms with E-state index in [1.165, 1.54) is 4.90 Å². The summed E-state index contributed by atoms with van der Waals surface area (Å²) in [5.74, 6) is 0.459. The van der Waals surface area contributed by atoms with Crippen LogP contribution in [0.1, 0.15) is 26.3 Å². The van der Waals surface area contributed by atoms with E-state index in [0.717, 1.165) is 10.9 Å². The third kappa shape index (κ3) is 6.39. The standard InChI is InChI=1S/C24H30N2O5/c1-24(2,3)31-23(28)26(13-11-17-7-5-4-6-8-17)15-18(27)16-30-21-10-9-20-19(22(21)25)12-14-29-20/h4-10,12,14,18,27H,11,13,15-16,25H2,1-3H3/t18-/m0/s1. The average Bonchev–Trinajstić information content (AvgIpc) is 3.20. The summed E-state index contributed by atoms with van der Waals surface area (Å²) >= 11 is 0. The number of hydrogen-bond donors (Lipinski definition) is 2. The van der Waals surface area contributed by atoms with Crippen molar-refractivity contribution < 1.29 is 23.8 Å². The van der Waals surface area contributed by atoms with Crippen molar-refractivity contribution >= 4 is 22.7 Å². The third-order valence-electron chi connectivity index (χ3n) is 4.66. The van der Waals surface area contributed by atoms with E-state index in [-0.39, 0.29) is 13.2 Å². The summed E-state index contributed by atoms with van der Waals surface area (Å²) < 4.78 is 16.6. The summed E-state index contributed by atoms with van der Waals surface area (Å²) in [7, 11) is 0. The summed E-state index contributed by atoms with van der Waals surface area (Å²) in [6, 6.07) is 15.1. The molecule has 0 aliphatic heterocycles. The molecule has 1 amide bonds. The molecule has 0 unspecified atom stereocenters. The van der Waals surface area contributed by atoms with Crippen LogP contribution in [0.3, 0.4) is 0 Å². The molecule has 0 spiro atoms. The SMILES string of the molecule is CC(C)(C)OC(=O)N(CCc1ccccc1)C[C@H](O)COc1ccc2occc2c1N. The highest BCUT2D eigenvalue weighted by Crippen LogP contribution is 2.31. The summed E-state index contributed by atoms with van der Waals surface area (Å²) in [6.45, 7) is 5.92. The van der Waals surface area contributed by atoms with Crippen molar-refractivity contribution in [3.8, 4) is 5.75 Å². The molecule has 31 heavy (non-hydrogen) atoms. The maximum absolute atomic E-state index is 12.7. The summed E-state index contributed by atoms with van der Waals surface area (Å²) in [5, 5.41) is 11.3. The van der Waals surface area contributed by atoms with Crippen molar-refractivity contribution in [2.45, 2.75) is 38.9 Å². The van der Waals surface area contributed by atoms with E-state index in [2.05, 4.69) is 0 Å². The van der Waals surface area contributed by atoms with Crippen LogP contribution in [0.2, 0.25) is 0 Å². The lowest BCUT2D eigenvalue weighted by molar-refractivity contribution is 0.00949. The second-order valence-electron chi connectivity index (χ2n) is 8.44. The molecule has 2 aromatic carbocycles. The van der Waals surface area contributed by atoms with Crippen molar-refractivity contribution in [3.63, 3.8) is 0 Å². The Morgan fingerprint density at radius 3 is 2.61 bits per heavy atom. The first-order chi connectivity index (χ1) is 14.7. The molecule has 1 aromatic heterocycles. The normalized spacial score (nSPS) is 12.5. The molecule has 1 heterocycles. The van der Waals surface area contributed by atoms with Gasteiger partial charge in [-0.25, -0.2) is 4.79 Å². The van der Waals surface area contributed by atoms with Gasteiger partial charge in [0.25, 0.3) is 0 Å². The van der Waals surface area contributed by atoms with E-state index in [1.807, 2.05) is 51.1 Å². The Balaban J connectivity index is 1.62. The predicted molar refractivity (Wildman–Crippen MR) is 120 cm³/mol. The van der Waals surface area contributed by atoms with Crippen molar-refractivity contribution in [2.24, 2.45) is 0 Å². The lowest BCUT2D eigenvalue weighted by atomic mass is 10.1. The number of nitrogen functional groups attached to an aromatic ring is 1. The third-order valence-corrected chi connectivity index (χ3v) is 4.66. The van der Waals surface area contributed by atoms with E-state index in [4.69, 9.17) is 19.6 Å². The number of ether oxygens (including phenoxy) is 2. The number of rotatable bonds is 8. The Morgan fingerprint density at radius 2 is 1.90 bits per heavy atom. The Kier molecular flexibility index (Phi) is 7.07. The molecule has 3 aromatic rings. The van der Waals surface area contributed by atoms with Crippen LogP contribution in [0.5, 0.6) is 5.75 Å². The minimum Gasteiger partial charge on any atom is -0.489 e. The van der Waals surface area contributed by atoms with Gasteiger partial charge in [-0.2, -0.15) is 0 Å². The van der Waals surface area contributed by atoms with Crippen LogP contribution in [0.4, 0.5) is 10.5 Å². The van der Waals surface area contributed by atoms with Gasteiger partial charge >= 0.3 is 6.09 Å². The number of hydrogen-bond acceptors (Lipinski definition) is 6. The molecule has 0 radical (unpaired) electrons. The summed E-state index contributed by atoms with van der Waals surface area (Å²) in [5.41, 5.74) is 7.72. The maximum Gasteiger partial charge on any atom is 0.410 e. The molecule has 0 aliphatic rings. The number of nitrogens with two attached hydrogens (primary N) is 1. The molecule has 0 saturated carbocycles. The molecule has 1 atom stereocenters. The van der Waals surface area contributed by atoms with Gasteiger partial charge in [0.1, 0.15) is 29.6 Å². The molecule has 3 rings (SSSR count). The van der Waals surface area contributed by atoms with Gasteiger partial charge in [0.05, 0.1) is 18.5 Å². The second-order valence-corrected chi connectivity index (χ2v) is 8.44. The molecule has 7 heteroatoms. The lowest BCUT2D eigenvalue weighted by Crippen LogP contribution is -2.43. The van der Waals surface area contributed by atoms with Crippen molar-refractivity contribution in [1.29, 1.82) is 0 Å². The number of anilines is 1. The highest BCUT2D eigenvalue weighted by molar-refractivity contribution is 5.92. The lowest BCUT2D eigenvalue weighted by Gasteiger charge is -2.29. The topological polar surface area (TPSA) is 98.2 Å². The average molecular weight is 427 g/mol. The smallest absolute Gasteiger partial charge is 0.410 e. The number of carbonyl (C=O) groups is 1. The van der Waals surface area contributed by atoms with Gasteiger partial charge in [-0.05, 0) is 51.0 Å². The van der Waals surface area contributed by atoms with Crippen molar-refractivity contribution in [1.82, 2.24) is 4.90 Å². The van der Waals surface area contributed by atoms with Gasteiger partial charge in [0, 0.05) is 11.9 Å². The van der Waals surface area contributed by atoms with Crippen LogP contribution in [0.25, 0.3) is 11.0 Å². The zero-order valence-electron chi connectivity index (χ0n) is 18.2. The zero-order valence-corrected chi connectivity index (χ0v) is 18.2. The van der Waals surface area contributed by atoms with Gasteiger partial charge in [-0.1, -0.05) is 30.3 Å². The fourth-order valence-electron chi connectivity index (χ4n) is 3.16. The number of carbonyl (C=O) groups excluding carboxylic acids is 1. The van der Waals surface area contributed by atoms with Crippen LogP contribution in [-0.4, -0.2) is 47.5 Å². The van der Waals surface area contributed by atoms with Crippen LogP contribution in [-0.2, 0) is 11.2 Å². The summed E-state index contributed by atoms with van der Waals surface area (Å²) in [4.78, 5) is 14.2. The Morgan fingerprint density at radius 1 is 1.16 bits per heavy atom. The second kappa shape index (κ2) is 9.75. The number of aliphatic hydroxyl groups is 1. The van der Waals surface area contributed by atoms with Gasteiger partial charge in [-0.15, -0.1) is 0 Å². The highest BCUT2D eigenvalue weighted by Gasteiger charge is 2.24. The first-order valence-corrected chi connectivity index (χ1v) is 10.3. The number of amides is 1. The van der Waals surface area contributed by atoms with Crippen LogP contribution in [0.15, 0.2) is 59.2 Å². The molecular formula is C24H30N2O5. The number of benzene rings is 2. The Bertz CT molecular complexity index is 994. The van der Waals surface area contributed by atoms with Crippen LogP contribution < -0.4 is 10.5 Å². The molecule has 0 aliphatic carbocycles. The predicted octanol–water partition coefficient (Wildman–Crippen LogP) is 4.23. The van der Waals surface area contributed by atoms with Crippen molar-refractivity contribution in [2.75, 3.05) is 25.4 Å². The molecule has 7 nitrogen and oxygen atoms in total. The van der Waals surface area contributed by atoms with Gasteiger partial charge in [-0.3, -0.25) is 0 Å². The Labute approximate surface area is 182 Å². The fourth-order valence-corrected chi connectivity index (χ4v) is 3.16. The first-order valence-electron chi connectivity index (χ1n) is 10.3.